The first-order chi connectivity index (χ1) is 8.61. The summed E-state index contributed by atoms with van der Waals surface area (Å²) >= 11 is 12.1. The van der Waals surface area contributed by atoms with E-state index in [0.717, 1.165) is 16.7 Å². The summed E-state index contributed by atoms with van der Waals surface area (Å²) in [6, 6.07) is 9.98. The number of rotatable bonds is 3. The standard InChI is InChI=1S/C14H12Cl2FN/c1-18-8-9-6-10(15)2-4-12(9)13-5-3-11(17)7-14(13)16/h2-7,18H,8H2,1H3. The molecule has 0 amide bonds. The molecule has 0 atom stereocenters. The van der Waals surface area contributed by atoms with Crippen molar-refractivity contribution in [3.05, 3.63) is 57.8 Å². The molecular weight excluding hydrogens is 272 g/mol. The minimum atomic E-state index is -0.340. The van der Waals surface area contributed by atoms with Crippen molar-refractivity contribution in [1.29, 1.82) is 0 Å². The van der Waals surface area contributed by atoms with E-state index >= 15 is 0 Å². The van der Waals surface area contributed by atoms with E-state index in [4.69, 9.17) is 23.2 Å². The summed E-state index contributed by atoms with van der Waals surface area (Å²) in [5.41, 5.74) is 2.79. The first-order valence-corrected chi connectivity index (χ1v) is 6.26. The van der Waals surface area contributed by atoms with Gasteiger partial charge in [-0.05, 0) is 48.5 Å². The molecule has 1 N–H and O–H groups in total. The molecule has 0 heterocycles. The molecule has 0 saturated heterocycles. The van der Waals surface area contributed by atoms with E-state index in [-0.39, 0.29) is 5.82 Å². The lowest BCUT2D eigenvalue weighted by Gasteiger charge is -2.11. The Morgan fingerprint density at radius 1 is 1.06 bits per heavy atom. The first-order valence-electron chi connectivity index (χ1n) is 5.50. The van der Waals surface area contributed by atoms with Gasteiger partial charge >= 0.3 is 0 Å². The summed E-state index contributed by atoms with van der Waals surface area (Å²) < 4.78 is 13.1. The van der Waals surface area contributed by atoms with Gasteiger partial charge in [-0.3, -0.25) is 0 Å². The molecule has 0 radical (unpaired) electrons. The normalized spacial score (nSPS) is 10.7. The van der Waals surface area contributed by atoms with Gasteiger partial charge in [0.1, 0.15) is 5.82 Å². The zero-order valence-corrected chi connectivity index (χ0v) is 11.3. The Bertz CT molecular complexity index is 570. The summed E-state index contributed by atoms with van der Waals surface area (Å²) in [6.07, 6.45) is 0. The molecule has 0 aliphatic rings. The van der Waals surface area contributed by atoms with Crippen molar-refractivity contribution in [3.8, 4) is 11.1 Å². The molecule has 0 spiro atoms. The molecule has 2 aromatic carbocycles. The third-order valence-corrected chi connectivity index (χ3v) is 3.20. The van der Waals surface area contributed by atoms with Crippen molar-refractivity contribution in [2.45, 2.75) is 6.54 Å². The molecule has 0 aliphatic carbocycles. The molecule has 0 aromatic heterocycles. The molecule has 0 fully saturated rings. The quantitative estimate of drug-likeness (QED) is 0.873. The van der Waals surface area contributed by atoms with Gasteiger partial charge in [0.25, 0.3) is 0 Å². The smallest absolute Gasteiger partial charge is 0.124 e. The van der Waals surface area contributed by atoms with Crippen LogP contribution in [0.3, 0.4) is 0 Å². The van der Waals surface area contributed by atoms with Gasteiger partial charge in [0.2, 0.25) is 0 Å². The van der Waals surface area contributed by atoms with E-state index in [0.29, 0.717) is 16.6 Å². The van der Waals surface area contributed by atoms with E-state index in [2.05, 4.69) is 5.32 Å². The van der Waals surface area contributed by atoms with Crippen LogP contribution in [0.15, 0.2) is 36.4 Å². The lowest BCUT2D eigenvalue weighted by molar-refractivity contribution is 0.628. The summed E-state index contributed by atoms with van der Waals surface area (Å²) in [6.45, 7) is 0.670. The molecule has 0 bridgehead atoms. The zero-order valence-electron chi connectivity index (χ0n) is 9.81. The van der Waals surface area contributed by atoms with E-state index < -0.39 is 0 Å². The topological polar surface area (TPSA) is 12.0 Å². The highest BCUT2D eigenvalue weighted by molar-refractivity contribution is 6.33. The van der Waals surface area contributed by atoms with Gasteiger partial charge in [-0.1, -0.05) is 29.3 Å². The molecule has 1 nitrogen and oxygen atoms in total. The Labute approximate surface area is 116 Å². The summed E-state index contributed by atoms with van der Waals surface area (Å²) in [7, 11) is 1.86. The van der Waals surface area contributed by atoms with Crippen LogP contribution in [0.4, 0.5) is 4.39 Å². The Balaban J connectivity index is 2.55. The number of benzene rings is 2. The van der Waals surface area contributed by atoms with Gasteiger partial charge in [0, 0.05) is 17.1 Å². The van der Waals surface area contributed by atoms with Crippen LogP contribution < -0.4 is 5.32 Å². The Hall–Kier alpha value is -1.09. The van der Waals surface area contributed by atoms with Crippen molar-refractivity contribution in [2.24, 2.45) is 0 Å². The fourth-order valence-electron chi connectivity index (χ4n) is 1.87. The fraction of sp³-hybridized carbons (Fsp3) is 0.143. The van der Waals surface area contributed by atoms with Crippen LogP contribution in [-0.2, 0) is 6.54 Å². The van der Waals surface area contributed by atoms with Crippen LogP contribution in [0.2, 0.25) is 10.0 Å². The summed E-state index contributed by atoms with van der Waals surface area (Å²) in [5, 5.41) is 4.14. The van der Waals surface area contributed by atoms with Crippen LogP contribution in [0.25, 0.3) is 11.1 Å². The maximum Gasteiger partial charge on any atom is 0.124 e. The van der Waals surface area contributed by atoms with Crippen molar-refractivity contribution >= 4 is 23.2 Å². The van der Waals surface area contributed by atoms with E-state index in [9.17, 15) is 4.39 Å². The highest BCUT2D eigenvalue weighted by Gasteiger charge is 2.09. The van der Waals surface area contributed by atoms with E-state index in [1.165, 1.54) is 12.1 Å². The summed E-state index contributed by atoms with van der Waals surface area (Å²) in [4.78, 5) is 0. The number of halogens is 3. The molecule has 2 aromatic rings. The van der Waals surface area contributed by atoms with Crippen LogP contribution >= 0.6 is 23.2 Å². The number of nitrogens with one attached hydrogen (secondary N) is 1. The second kappa shape index (κ2) is 5.70. The van der Waals surface area contributed by atoms with Crippen molar-refractivity contribution in [1.82, 2.24) is 5.32 Å². The van der Waals surface area contributed by atoms with Gasteiger partial charge in [-0.25, -0.2) is 4.39 Å². The van der Waals surface area contributed by atoms with Gasteiger partial charge in [-0.2, -0.15) is 0 Å². The molecular formula is C14H12Cl2FN. The van der Waals surface area contributed by atoms with Crippen LogP contribution in [0, 0.1) is 5.82 Å². The molecule has 0 saturated carbocycles. The third kappa shape index (κ3) is 2.83. The summed E-state index contributed by atoms with van der Waals surface area (Å²) in [5.74, 6) is -0.340. The zero-order chi connectivity index (χ0) is 13.1. The van der Waals surface area contributed by atoms with Gasteiger partial charge in [0.15, 0.2) is 0 Å². The maximum absolute atomic E-state index is 13.1. The molecule has 4 heteroatoms. The minimum Gasteiger partial charge on any atom is -0.316 e. The molecule has 94 valence electrons. The average molecular weight is 284 g/mol. The first kappa shape index (κ1) is 13.3. The molecule has 2 rings (SSSR count). The SMILES string of the molecule is CNCc1cc(Cl)ccc1-c1ccc(F)cc1Cl. The van der Waals surface area contributed by atoms with Crippen LogP contribution in [-0.4, -0.2) is 7.05 Å². The monoisotopic (exact) mass is 283 g/mol. The minimum absolute atomic E-state index is 0.340. The van der Waals surface area contributed by atoms with Crippen molar-refractivity contribution in [2.75, 3.05) is 7.05 Å². The molecule has 0 aliphatic heterocycles. The number of hydrogen-bond donors (Lipinski definition) is 1. The van der Waals surface area contributed by atoms with Gasteiger partial charge in [0.05, 0.1) is 5.02 Å². The van der Waals surface area contributed by atoms with E-state index in [1.54, 1.807) is 12.1 Å². The number of hydrogen-bond acceptors (Lipinski definition) is 1. The molecule has 18 heavy (non-hydrogen) atoms. The van der Waals surface area contributed by atoms with Gasteiger partial charge in [-0.15, -0.1) is 0 Å². The predicted molar refractivity (Wildman–Crippen MR) is 74.6 cm³/mol. The van der Waals surface area contributed by atoms with Crippen LogP contribution in [0.1, 0.15) is 5.56 Å². The highest BCUT2D eigenvalue weighted by Crippen LogP contribution is 2.32. The fourth-order valence-corrected chi connectivity index (χ4v) is 2.33. The lowest BCUT2D eigenvalue weighted by atomic mass is 9.99. The van der Waals surface area contributed by atoms with Crippen LogP contribution in [0.5, 0.6) is 0 Å². The Morgan fingerprint density at radius 3 is 2.44 bits per heavy atom. The van der Waals surface area contributed by atoms with Crippen molar-refractivity contribution in [3.63, 3.8) is 0 Å². The third-order valence-electron chi connectivity index (χ3n) is 2.66. The molecule has 0 unspecified atom stereocenters. The second-order valence-electron chi connectivity index (χ2n) is 3.96. The average Bonchev–Trinajstić information content (AvgIpc) is 2.31. The second-order valence-corrected chi connectivity index (χ2v) is 4.80. The van der Waals surface area contributed by atoms with Gasteiger partial charge < -0.3 is 5.32 Å². The Morgan fingerprint density at radius 2 is 1.78 bits per heavy atom. The largest absolute Gasteiger partial charge is 0.316 e. The lowest BCUT2D eigenvalue weighted by Crippen LogP contribution is -2.06. The Kier molecular flexibility index (Phi) is 4.23. The predicted octanol–water partition coefficient (Wildman–Crippen LogP) is 4.52. The van der Waals surface area contributed by atoms with E-state index in [1.807, 2.05) is 19.2 Å². The maximum atomic E-state index is 13.1. The van der Waals surface area contributed by atoms with Crippen molar-refractivity contribution < 1.29 is 4.39 Å². The highest BCUT2D eigenvalue weighted by atomic mass is 35.5.